The molecule has 20 heavy (non-hydrogen) atoms. The van der Waals surface area contributed by atoms with Crippen LogP contribution < -0.4 is 5.32 Å². The smallest absolute Gasteiger partial charge is 0.315 e. The van der Waals surface area contributed by atoms with Crippen LogP contribution in [0.25, 0.3) is 0 Å². The zero-order valence-electron chi connectivity index (χ0n) is 12.4. The Morgan fingerprint density at radius 3 is 2.60 bits per heavy atom. The predicted molar refractivity (Wildman–Crippen MR) is 81.9 cm³/mol. The first-order valence-electron chi connectivity index (χ1n) is 6.40. The Bertz CT molecular complexity index is 480. The topological polar surface area (TPSA) is 55.4 Å². The van der Waals surface area contributed by atoms with Crippen molar-refractivity contribution in [1.29, 1.82) is 0 Å². The van der Waals surface area contributed by atoms with E-state index in [2.05, 4.69) is 10.1 Å². The van der Waals surface area contributed by atoms with Crippen molar-refractivity contribution in [3.63, 3.8) is 0 Å². The molecular weight excluding hydrogens is 274 g/mol. The average Bonchev–Trinajstić information content (AvgIpc) is 2.34. The van der Waals surface area contributed by atoms with Crippen LogP contribution in [0.15, 0.2) is 29.2 Å². The summed E-state index contributed by atoms with van der Waals surface area (Å²) in [6.07, 6.45) is 0.465. The summed E-state index contributed by atoms with van der Waals surface area (Å²) in [6.45, 7) is 6.07. The van der Waals surface area contributed by atoms with Crippen molar-refractivity contribution in [2.24, 2.45) is 5.41 Å². The van der Waals surface area contributed by atoms with Gasteiger partial charge in [-0.05, 0) is 23.6 Å². The normalized spacial score (nSPS) is 11.0. The fourth-order valence-corrected chi connectivity index (χ4v) is 2.34. The molecule has 0 aromatic heterocycles. The van der Waals surface area contributed by atoms with E-state index in [-0.39, 0.29) is 23.0 Å². The maximum Gasteiger partial charge on any atom is 0.315 e. The van der Waals surface area contributed by atoms with Crippen LogP contribution in [0.1, 0.15) is 27.2 Å². The van der Waals surface area contributed by atoms with E-state index in [9.17, 15) is 9.59 Å². The minimum absolute atomic E-state index is 0.00684. The van der Waals surface area contributed by atoms with Crippen molar-refractivity contribution >= 4 is 29.3 Å². The molecule has 4 nitrogen and oxygen atoms in total. The maximum atomic E-state index is 11.9. The Kier molecular flexibility index (Phi) is 6.07. The number of carbonyl (C=O) groups is 2. The summed E-state index contributed by atoms with van der Waals surface area (Å²) in [6, 6.07) is 7.44. The molecule has 0 heterocycles. The van der Waals surface area contributed by atoms with Crippen LogP contribution in [0.3, 0.4) is 0 Å². The summed E-state index contributed by atoms with van der Waals surface area (Å²) in [5.74, 6) is -0.0135. The molecule has 0 radical (unpaired) electrons. The second-order valence-electron chi connectivity index (χ2n) is 5.68. The van der Waals surface area contributed by atoms with E-state index < -0.39 is 0 Å². The lowest BCUT2D eigenvalue weighted by molar-refractivity contribution is -0.137. The van der Waals surface area contributed by atoms with Crippen LogP contribution in [-0.4, -0.2) is 24.7 Å². The zero-order valence-corrected chi connectivity index (χ0v) is 13.2. The highest BCUT2D eigenvalue weighted by Gasteiger charge is 2.16. The molecule has 1 amide bonds. The molecule has 1 rings (SSSR count). The molecule has 0 bridgehead atoms. The number of hydrogen-bond donors (Lipinski definition) is 1. The van der Waals surface area contributed by atoms with Gasteiger partial charge in [0.2, 0.25) is 5.91 Å². The molecule has 5 heteroatoms. The molecule has 0 saturated heterocycles. The van der Waals surface area contributed by atoms with Gasteiger partial charge in [-0.1, -0.05) is 26.8 Å². The standard InChI is InChI=1S/C15H21NO3S/c1-15(2,3)9-13(17)16-11-6-5-7-12(8-11)20-10-14(18)19-4/h5-8H,9-10H2,1-4H3,(H,16,17). The van der Waals surface area contributed by atoms with E-state index in [0.29, 0.717) is 6.42 Å². The molecular formula is C15H21NO3S. The van der Waals surface area contributed by atoms with Gasteiger partial charge in [-0.3, -0.25) is 9.59 Å². The monoisotopic (exact) mass is 295 g/mol. The summed E-state index contributed by atoms with van der Waals surface area (Å²) in [5, 5.41) is 2.87. The molecule has 1 aromatic carbocycles. The second kappa shape index (κ2) is 7.33. The first-order valence-corrected chi connectivity index (χ1v) is 7.38. The molecule has 110 valence electrons. The Balaban J connectivity index is 2.59. The van der Waals surface area contributed by atoms with E-state index >= 15 is 0 Å². The number of anilines is 1. The third kappa shape index (κ3) is 6.61. The molecule has 0 aliphatic rings. The fraction of sp³-hybridized carbons (Fsp3) is 0.467. The summed E-state index contributed by atoms with van der Waals surface area (Å²) >= 11 is 1.38. The predicted octanol–water partition coefficient (Wildman–Crippen LogP) is 3.33. The highest BCUT2D eigenvalue weighted by atomic mass is 32.2. The third-order valence-electron chi connectivity index (χ3n) is 2.39. The molecule has 0 spiro atoms. The number of esters is 1. The van der Waals surface area contributed by atoms with Crippen molar-refractivity contribution in [1.82, 2.24) is 0 Å². The van der Waals surface area contributed by atoms with E-state index in [4.69, 9.17) is 0 Å². The molecule has 1 aromatic rings. The van der Waals surface area contributed by atoms with Gasteiger partial charge in [-0.2, -0.15) is 0 Å². The lowest BCUT2D eigenvalue weighted by Crippen LogP contribution is -2.19. The van der Waals surface area contributed by atoms with Crippen molar-refractivity contribution in [2.45, 2.75) is 32.1 Å². The molecule has 0 saturated carbocycles. The van der Waals surface area contributed by atoms with Gasteiger partial charge in [0, 0.05) is 17.0 Å². The van der Waals surface area contributed by atoms with Crippen LogP contribution in [-0.2, 0) is 14.3 Å². The van der Waals surface area contributed by atoms with Gasteiger partial charge in [0.05, 0.1) is 12.9 Å². The largest absolute Gasteiger partial charge is 0.468 e. The van der Waals surface area contributed by atoms with Crippen LogP contribution >= 0.6 is 11.8 Å². The van der Waals surface area contributed by atoms with Gasteiger partial charge in [-0.15, -0.1) is 11.8 Å². The average molecular weight is 295 g/mol. The summed E-state index contributed by atoms with van der Waals surface area (Å²) in [7, 11) is 1.37. The highest BCUT2D eigenvalue weighted by Crippen LogP contribution is 2.23. The first kappa shape index (κ1) is 16.6. The number of hydrogen-bond acceptors (Lipinski definition) is 4. The number of carbonyl (C=O) groups excluding carboxylic acids is 2. The molecule has 0 aliphatic carbocycles. The number of nitrogens with one attached hydrogen (secondary N) is 1. The van der Waals surface area contributed by atoms with Crippen LogP contribution in [0.5, 0.6) is 0 Å². The fourth-order valence-electron chi connectivity index (χ4n) is 1.55. The van der Waals surface area contributed by atoms with Crippen molar-refractivity contribution < 1.29 is 14.3 Å². The molecule has 0 fully saturated rings. The number of methoxy groups -OCH3 is 1. The minimum Gasteiger partial charge on any atom is -0.468 e. The quantitative estimate of drug-likeness (QED) is 0.669. The van der Waals surface area contributed by atoms with Crippen molar-refractivity contribution in [2.75, 3.05) is 18.2 Å². The highest BCUT2D eigenvalue weighted by molar-refractivity contribution is 8.00. The lowest BCUT2D eigenvalue weighted by atomic mass is 9.92. The van der Waals surface area contributed by atoms with Gasteiger partial charge in [-0.25, -0.2) is 0 Å². The van der Waals surface area contributed by atoms with Crippen molar-refractivity contribution in [3.8, 4) is 0 Å². The zero-order chi connectivity index (χ0) is 15.2. The number of amides is 1. The molecule has 0 unspecified atom stereocenters. The number of rotatable bonds is 5. The van der Waals surface area contributed by atoms with Gasteiger partial charge >= 0.3 is 5.97 Å². The SMILES string of the molecule is COC(=O)CSc1cccc(NC(=O)CC(C)(C)C)c1. The van der Waals surface area contributed by atoms with Gasteiger partial charge in [0.15, 0.2) is 0 Å². The summed E-state index contributed by atoms with van der Waals surface area (Å²) in [5.41, 5.74) is 0.704. The van der Waals surface area contributed by atoms with E-state index in [0.717, 1.165) is 10.6 Å². The van der Waals surface area contributed by atoms with Gasteiger partial charge < -0.3 is 10.1 Å². The van der Waals surface area contributed by atoms with Crippen molar-refractivity contribution in [3.05, 3.63) is 24.3 Å². The maximum absolute atomic E-state index is 11.9. The number of benzene rings is 1. The Hall–Kier alpha value is -1.49. The van der Waals surface area contributed by atoms with Crippen LogP contribution in [0.2, 0.25) is 0 Å². The van der Waals surface area contributed by atoms with E-state index in [1.807, 2.05) is 45.0 Å². The second-order valence-corrected chi connectivity index (χ2v) is 6.73. The Morgan fingerprint density at radius 2 is 2.00 bits per heavy atom. The third-order valence-corrected chi connectivity index (χ3v) is 3.36. The lowest BCUT2D eigenvalue weighted by Gasteiger charge is -2.17. The number of thioether (sulfide) groups is 1. The molecule has 1 N–H and O–H groups in total. The van der Waals surface area contributed by atoms with Crippen LogP contribution in [0.4, 0.5) is 5.69 Å². The Labute approximate surface area is 124 Å². The Morgan fingerprint density at radius 1 is 1.30 bits per heavy atom. The summed E-state index contributed by atoms with van der Waals surface area (Å²) < 4.78 is 4.59. The van der Waals surface area contributed by atoms with Gasteiger partial charge in [0.1, 0.15) is 0 Å². The molecule has 0 atom stereocenters. The molecule has 0 aliphatic heterocycles. The number of ether oxygens (including phenoxy) is 1. The van der Waals surface area contributed by atoms with Gasteiger partial charge in [0.25, 0.3) is 0 Å². The summed E-state index contributed by atoms with van der Waals surface area (Å²) in [4.78, 5) is 23.9. The van der Waals surface area contributed by atoms with E-state index in [1.165, 1.54) is 18.9 Å². The first-order chi connectivity index (χ1) is 9.30. The van der Waals surface area contributed by atoms with Crippen LogP contribution in [0, 0.1) is 5.41 Å². The minimum atomic E-state index is -0.267. The van der Waals surface area contributed by atoms with E-state index in [1.54, 1.807) is 0 Å².